The molecule has 154 valence electrons. The number of aromatic nitrogens is 2. The fraction of sp³-hybridized carbons (Fsp3) is 0.269. The first kappa shape index (κ1) is 20.2. The largest absolute Gasteiger partial charge is 0.399 e. The molecule has 0 aliphatic heterocycles. The second kappa shape index (κ2) is 10.1. The number of nitrogens with two attached hydrogens (primary N) is 1. The van der Waals surface area contributed by atoms with Crippen molar-refractivity contribution in [2.24, 2.45) is 0 Å². The molecule has 1 aromatic heterocycles. The highest BCUT2D eigenvalue weighted by Crippen LogP contribution is 2.21. The number of hydrogen-bond acceptors (Lipinski definition) is 3. The molecule has 1 atom stereocenters. The van der Waals surface area contributed by atoms with Crippen molar-refractivity contribution in [1.29, 1.82) is 0 Å². The lowest BCUT2D eigenvalue weighted by atomic mass is 9.99. The highest BCUT2D eigenvalue weighted by molar-refractivity contribution is 5.85. The highest BCUT2D eigenvalue weighted by Gasteiger charge is 2.12. The lowest BCUT2D eigenvalue weighted by Crippen LogP contribution is -2.21. The number of nitrogens with zero attached hydrogens (tertiary/aromatic N) is 2. The predicted molar refractivity (Wildman–Crippen MR) is 123 cm³/mol. The minimum Gasteiger partial charge on any atom is -0.399 e. The maximum atomic E-state index is 6.32. The molecular weight excluding hydrogens is 370 g/mol. The van der Waals surface area contributed by atoms with Gasteiger partial charge in [0.05, 0.1) is 12.4 Å². The number of benzene rings is 3. The summed E-state index contributed by atoms with van der Waals surface area (Å²) in [7, 11) is 0. The third kappa shape index (κ3) is 5.28. The second-order valence-corrected chi connectivity index (χ2v) is 7.73. The normalized spacial score (nSPS) is 12.3. The van der Waals surface area contributed by atoms with Gasteiger partial charge in [0.2, 0.25) is 0 Å². The van der Waals surface area contributed by atoms with Crippen LogP contribution >= 0.6 is 0 Å². The molecule has 0 amide bonds. The Morgan fingerprint density at radius 1 is 0.900 bits per heavy atom. The predicted octanol–water partition coefficient (Wildman–Crippen LogP) is 5.27. The van der Waals surface area contributed by atoms with Crippen molar-refractivity contribution in [3.05, 3.63) is 96.6 Å². The molecule has 0 saturated heterocycles. The van der Waals surface area contributed by atoms with Crippen molar-refractivity contribution >= 4 is 16.5 Å². The van der Waals surface area contributed by atoms with Crippen LogP contribution in [0, 0.1) is 0 Å². The van der Waals surface area contributed by atoms with E-state index in [1.807, 2.05) is 36.9 Å². The summed E-state index contributed by atoms with van der Waals surface area (Å²) < 4.78 is 8.42. The van der Waals surface area contributed by atoms with E-state index in [9.17, 15) is 0 Å². The molecule has 0 spiro atoms. The summed E-state index contributed by atoms with van der Waals surface area (Å²) in [6.45, 7) is 1.54. The van der Waals surface area contributed by atoms with Gasteiger partial charge < -0.3 is 15.0 Å². The Morgan fingerprint density at radius 2 is 1.70 bits per heavy atom. The van der Waals surface area contributed by atoms with E-state index >= 15 is 0 Å². The van der Waals surface area contributed by atoms with Crippen molar-refractivity contribution < 1.29 is 4.74 Å². The molecule has 3 aromatic carbocycles. The fourth-order valence-electron chi connectivity index (χ4n) is 3.96. The van der Waals surface area contributed by atoms with E-state index < -0.39 is 0 Å². The van der Waals surface area contributed by atoms with E-state index in [1.165, 1.54) is 21.9 Å². The van der Waals surface area contributed by atoms with Gasteiger partial charge in [-0.25, -0.2) is 4.98 Å². The SMILES string of the molecule is Nc1ccccc1CCCOC(CCc1cccc2ccccc12)Cn1ccnc1. The van der Waals surface area contributed by atoms with Crippen molar-refractivity contribution in [1.82, 2.24) is 9.55 Å². The highest BCUT2D eigenvalue weighted by atomic mass is 16.5. The first-order valence-corrected chi connectivity index (χ1v) is 10.7. The van der Waals surface area contributed by atoms with Crippen LogP contribution < -0.4 is 5.73 Å². The van der Waals surface area contributed by atoms with Crippen molar-refractivity contribution in [2.75, 3.05) is 12.3 Å². The molecule has 0 aliphatic carbocycles. The molecule has 1 unspecified atom stereocenters. The minimum atomic E-state index is 0.145. The van der Waals surface area contributed by atoms with Gasteiger partial charge in [-0.05, 0) is 53.6 Å². The lowest BCUT2D eigenvalue weighted by Gasteiger charge is -2.19. The third-order valence-electron chi connectivity index (χ3n) is 5.59. The monoisotopic (exact) mass is 399 g/mol. The Labute approximate surface area is 178 Å². The Balaban J connectivity index is 1.36. The van der Waals surface area contributed by atoms with Gasteiger partial charge in [-0.15, -0.1) is 0 Å². The van der Waals surface area contributed by atoms with Crippen molar-refractivity contribution in [3.63, 3.8) is 0 Å². The van der Waals surface area contributed by atoms with Crippen LogP contribution in [0.25, 0.3) is 10.8 Å². The minimum absolute atomic E-state index is 0.145. The Kier molecular flexibility index (Phi) is 6.78. The number of rotatable bonds is 10. The number of para-hydroxylation sites is 1. The maximum absolute atomic E-state index is 6.32. The number of nitrogen functional groups attached to an aromatic ring is 1. The van der Waals surface area contributed by atoms with Gasteiger partial charge >= 0.3 is 0 Å². The van der Waals surface area contributed by atoms with E-state index in [0.717, 1.165) is 44.5 Å². The fourth-order valence-corrected chi connectivity index (χ4v) is 3.96. The molecular formula is C26H29N3O. The topological polar surface area (TPSA) is 53.1 Å². The zero-order valence-corrected chi connectivity index (χ0v) is 17.3. The summed E-state index contributed by atoms with van der Waals surface area (Å²) in [6, 6.07) is 23.2. The number of fused-ring (bicyclic) bond motifs is 1. The Hall–Kier alpha value is -3.11. The summed E-state index contributed by atoms with van der Waals surface area (Å²) in [4.78, 5) is 4.17. The van der Waals surface area contributed by atoms with Gasteiger partial charge in [0.15, 0.2) is 0 Å². The summed E-state index contributed by atoms with van der Waals surface area (Å²) in [5.41, 5.74) is 9.50. The summed E-state index contributed by atoms with van der Waals surface area (Å²) in [5, 5.41) is 2.63. The van der Waals surface area contributed by atoms with Crippen LogP contribution in [0.1, 0.15) is 24.0 Å². The molecule has 30 heavy (non-hydrogen) atoms. The third-order valence-corrected chi connectivity index (χ3v) is 5.59. The average Bonchev–Trinajstić information content (AvgIpc) is 3.29. The second-order valence-electron chi connectivity index (χ2n) is 7.73. The summed E-state index contributed by atoms with van der Waals surface area (Å²) in [5.74, 6) is 0. The van der Waals surface area contributed by atoms with Crippen molar-refractivity contribution in [2.45, 2.75) is 38.3 Å². The summed E-state index contributed by atoms with van der Waals surface area (Å²) in [6.07, 6.45) is 9.69. The van der Waals surface area contributed by atoms with E-state index in [0.29, 0.717) is 0 Å². The van der Waals surface area contributed by atoms with E-state index in [1.54, 1.807) is 0 Å². The standard InChI is InChI=1S/C26H29N3O/c27-26-13-4-2-8-23(26)11-6-18-30-24(19-29-17-16-28-20-29)15-14-22-10-5-9-21-7-1-3-12-25(21)22/h1-5,7-10,12-13,16-17,20,24H,6,11,14-15,18-19,27H2. The van der Waals surface area contributed by atoms with Crippen LogP contribution in [0.3, 0.4) is 0 Å². The maximum Gasteiger partial charge on any atom is 0.0946 e. The molecule has 2 N–H and O–H groups in total. The molecule has 0 aliphatic rings. The Bertz CT molecular complexity index is 1050. The average molecular weight is 400 g/mol. The molecule has 0 fully saturated rings. The van der Waals surface area contributed by atoms with Crippen LogP contribution in [0.5, 0.6) is 0 Å². The smallest absolute Gasteiger partial charge is 0.0946 e. The zero-order chi connectivity index (χ0) is 20.6. The number of aryl methyl sites for hydroxylation is 2. The summed E-state index contributed by atoms with van der Waals surface area (Å²) >= 11 is 0. The van der Waals surface area contributed by atoms with Gasteiger partial charge in [0.1, 0.15) is 0 Å². The molecule has 0 bridgehead atoms. The molecule has 4 rings (SSSR count). The van der Waals surface area contributed by atoms with Crippen molar-refractivity contribution in [3.8, 4) is 0 Å². The molecule has 4 heteroatoms. The van der Waals surface area contributed by atoms with E-state index in [4.69, 9.17) is 10.5 Å². The van der Waals surface area contributed by atoms with E-state index in [2.05, 4.69) is 58.1 Å². The van der Waals surface area contributed by atoms with Gasteiger partial charge in [0, 0.05) is 31.2 Å². The quantitative estimate of drug-likeness (QED) is 0.292. The molecule has 0 radical (unpaired) electrons. The van der Waals surface area contributed by atoms with Crippen LogP contribution in [0.2, 0.25) is 0 Å². The van der Waals surface area contributed by atoms with Gasteiger partial charge in [0.25, 0.3) is 0 Å². The number of hydrogen-bond donors (Lipinski definition) is 1. The van der Waals surface area contributed by atoms with Crippen LogP contribution in [-0.4, -0.2) is 22.3 Å². The van der Waals surface area contributed by atoms with Crippen LogP contribution in [0.4, 0.5) is 5.69 Å². The van der Waals surface area contributed by atoms with Crippen LogP contribution in [0.15, 0.2) is 85.5 Å². The number of ether oxygens (including phenoxy) is 1. The molecule has 4 nitrogen and oxygen atoms in total. The number of imidazole rings is 1. The lowest BCUT2D eigenvalue weighted by molar-refractivity contribution is 0.0347. The number of anilines is 1. The van der Waals surface area contributed by atoms with Gasteiger partial charge in [-0.3, -0.25) is 0 Å². The zero-order valence-electron chi connectivity index (χ0n) is 17.3. The first-order chi connectivity index (χ1) is 14.8. The Morgan fingerprint density at radius 3 is 2.57 bits per heavy atom. The molecule has 4 aromatic rings. The van der Waals surface area contributed by atoms with Gasteiger partial charge in [-0.1, -0.05) is 60.7 Å². The van der Waals surface area contributed by atoms with Gasteiger partial charge in [-0.2, -0.15) is 0 Å². The van der Waals surface area contributed by atoms with E-state index in [-0.39, 0.29) is 6.10 Å². The first-order valence-electron chi connectivity index (χ1n) is 10.7. The molecule has 0 saturated carbocycles. The molecule has 1 heterocycles. The van der Waals surface area contributed by atoms with Crippen LogP contribution in [-0.2, 0) is 24.1 Å².